The van der Waals surface area contributed by atoms with Crippen LogP contribution in [0.4, 0.5) is 5.69 Å². The van der Waals surface area contributed by atoms with Gasteiger partial charge in [-0.1, -0.05) is 26.0 Å². The summed E-state index contributed by atoms with van der Waals surface area (Å²) in [7, 11) is 1.79. The van der Waals surface area contributed by atoms with E-state index in [1.807, 2.05) is 38.1 Å². The van der Waals surface area contributed by atoms with Crippen LogP contribution in [0.15, 0.2) is 29.3 Å². The van der Waals surface area contributed by atoms with Gasteiger partial charge in [-0.3, -0.25) is 9.79 Å². The molecule has 2 fully saturated rings. The van der Waals surface area contributed by atoms with Crippen molar-refractivity contribution in [3.8, 4) is 0 Å². The highest BCUT2D eigenvalue weighted by Gasteiger charge is 2.41. The fourth-order valence-electron chi connectivity index (χ4n) is 3.34. The molecule has 2 heterocycles. The van der Waals surface area contributed by atoms with Gasteiger partial charge < -0.3 is 20.7 Å². The third-order valence-corrected chi connectivity index (χ3v) is 4.86. The molecule has 3 rings (SSSR count). The Hall–Kier alpha value is -2.08. The predicted octanol–water partition coefficient (Wildman–Crippen LogP) is 2.27. The standard InChI is InChI=1S/C19H28N4O2/c1-12(2)18(24)22-14-6-4-13(5-7-14)11-21-19(20-3)23-16-10-15-8-9-17(16)25-15/h4-7,12,15-17H,8-11H2,1-3H3,(H,22,24)(H2,20,21,23). The van der Waals surface area contributed by atoms with Crippen LogP contribution in [0.25, 0.3) is 0 Å². The van der Waals surface area contributed by atoms with E-state index in [4.69, 9.17) is 4.74 Å². The van der Waals surface area contributed by atoms with Crippen molar-refractivity contribution in [2.24, 2.45) is 10.9 Å². The number of benzene rings is 1. The number of guanidine groups is 1. The minimum atomic E-state index is -0.0226. The largest absolute Gasteiger partial charge is 0.373 e. The maximum Gasteiger partial charge on any atom is 0.226 e. The Kier molecular flexibility index (Phi) is 5.58. The highest BCUT2D eigenvalue weighted by Crippen LogP contribution is 2.34. The molecule has 2 saturated heterocycles. The highest BCUT2D eigenvalue weighted by atomic mass is 16.5. The van der Waals surface area contributed by atoms with Gasteiger partial charge in [0.15, 0.2) is 5.96 Å². The predicted molar refractivity (Wildman–Crippen MR) is 99.5 cm³/mol. The lowest BCUT2D eigenvalue weighted by molar-refractivity contribution is -0.118. The van der Waals surface area contributed by atoms with E-state index in [-0.39, 0.29) is 11.8 Å². The van der Waals surface area contributed by atoms with Gasteiger partial charge in [0, 0.05) is 25.2 Å². The average Bonchev–Trinajstić information content (AvgIpc) is 3.22. The topological polar surface area (TPSA) is 74.8 Å². The summed E-state index contributed by atoms with van der Waals surface area (Å²) in [6.45, 7) is 4.45. The lowest BCUT2D eigenvalue weighted by atomic mass is 9.96. The molecule has 3 unspecified atom stereocenters. The van der Waals surface area contributed by atoms with Crippen molar-refractivity contribution < 1.29 is 9.53 Å². The molecule has 1 aromatic rings. The van der Waals surface area contributed by atoms with Crippen molar-refractivity contribution >= 4 is 17.6 Å². The van der Waals surface area contributed by atoms with Gasteiger partial charge in [-0.15, -0.1) is 0 Å². The highest BCUT2D eigenvalue weighted by molar-refractivity contribution is 5.92. The third kappa shape index (κ3) is 4.51. The zero-order valence-corrected chi connectivity index (χ0v) is 15.2. The lowest BCUT2D eigenvalue weighted by Gasteiger charge is -2.22. The van der Waals surface area contributed by atoms with Crippen molar-refractivity contribution in [1.29, 1.82) is 0 Å². The molecule has 0 saturated carbocycles. The zero-order chi connectivity index (χ0) is 17.8. The summed E-state index contributed by atoms with van der Waals surface area (Å²) in [6, 6.07) is 8.24. The van der Waals surface area contributed by atoms with E-state index >= 15 is 0 Å². The molecular weight excluding hydrogens is 316 g/mol. The molecule has 25 heavy (non-hydrogen) atoms. The third-order valence-electron chi connectivity index (χ3n) is 4.86. The van der Waals surface area contributed by atoms with Crippen molar-refractivity contribution in [2.45, 2.75) is 57.9 Å². The van der Waals surface area contributed by atoms with E-state index in [1.165, 1.54) is 6.42 Å². The van der Waals surface area contributed by atoms with Crippen LogP contribution in [0.5, 0.6) is 0 Å². The van der Waals surface area contributed by atoms with Crippen LogP contribution in [-0.4, -0.2) is 37.2 Å². The molecule has 6 nitrogen and oxygen atoms in total. The molecule has 2 aliphatic heterocycles. The average molecular weight is 344 g/mol. The van der Waals surface area contributed by atoms with E-state index < -0.39 is 0 Å². The first-order valence-corrected chi connectivity index (χ1v) is 9.07. The summed E-state index contributed by atoms with van der Waals surface area (Å²) in [5.41, 5.74) is 1.96. The Bertz CT molecular complexity index is 627. The fraction of sp³-hybridized carbons (Fsp3) is 0.579. The van der Waals surface area contributed by atoms with Gasteiger partial charge in [0.1, 0.15) is 0 Å². The Labute approximate surface area is 149 Å². The lowest BCUT2D eigenvalue weighted by Crippen LogP contribution is -2.47. The smallest absolute Gasteiger partial charge is 0.226 e. The Morgan fingerprint density at radius 3 is 2.60 bits per heavy atom. The molecule has 1 aromatic carbocycles. The Balaban J connectivity index is 1.47. The van der Waals surface area contributed by atoms with Gasteiger partial charge in [0.2, 0.25) is 5.91 Å². The first-order valence-electron chi connectivity index (χ1n) is 9.07. The second-order valence-electron chi connectivity index (χ2n) is 7.13. The van der Waals surface area contributed by atoms with Crippen molar-refractivity contribution in [1.82, 2.24) is 10.6 Å². The van der Waals surface area contributed by atoms with E-state index in [9.17, 15) is 4.79 Å². The van der Waals surface area contributed by atoms with Crippen LogP contribution in [0.3, 0.4) is 0 Å². The molecule has 0 aromatic heterocycles. The van der Waals surface area contributed by atoms with Crippen molar-refractivity contribution in [3.05, 3.63) is 29.8 Å². The summed E-state index contributed by atoms with van der Waals surface area (Å²) in [4.78, 5) is 16.0. The van der Waals surface area contributed by atoms with E-state index in [0.29, 0.717) is 24.8 Å². The molecule has 0 radical (unpaired) electrons. The Morgan fingerprint density at radius 1 is 1.28 bits per heavy atom. The molecule has 3 N–H and O–H groups in total. The molecule has 0 spiro atoms. The summed E-state index contributed by atoms with van der Waals surface area (Å²) in [5, 5.41) is 9.72. The van der Waals surface area contributed by atoms with Crippen LogP contribution in [0.1, 0.15) is 38.7 Å². The second-order valence-corrected chi connectivity index (χ2v) is 7.13. The number of hydrogen-bond donors (Lipinski definition) is 3. The summed E-state index contributed by atoms with van der Waals surface area (Å²) < 4.78 is 5.87. The Morgan fingerprint density at radius 2 is 2.04 bits per heavy atom. The number of nitrogens with zero attached hydrogens (tertiary/aromatic N) is 1. The minimum Gasteiger partial charge on any atom is -0.373 e. The summed E-state index contributed by atoms with van der Waals surface area (Å²) in [6.07, 6.45) is 4.15. The van der Waals surface area contributed by atoms with Crippen LogP contribution in [-0.2, 0) is 16.1 Å². The van der Waals surface area contributed by atoms with Crippen molar-refractivity contribution in [3.63, 3.8) is 0 Å². The molecule has 1 amide bonds. The number of hydrogen-bond acceptors (Lipinski definition) is 3. The van der Waals surface area contributed by atoms with Gasteiger partial charge in [-0.05, 0) is 37.0 Å². The van der Waals surface area contributed by atoms with Crippen molar-refractivity contribution in [2.75, 3.05) is 12.4 Å². The normalized spacial score (nSPS) is 25.3. The minimum absolute atomic E-state index is 0.0226. The number of fused-ring (bicyclic) bond motifs is 2. The van der Waals surface area contributed by atoms with Gasteiger partial charge in [0.25, 0.3) is 0 Å². The number of anilines is 1. The molecule has 136 valence electrons. The molecule has 6 heteroatoms. The fourth-order valence-corrected chi connectivity index (χ4v) is 3.34. The van der Waals surface area contributed by atoms with Crippen LogP contribution >= 0.6 is 0 Å². The monoisotopic (exact) mass is 344 g/mol. The summed E-state index contributed by atoms with van der Waals surface area (Å²) in [5.74, 6) is 0.812. The number of rotatable bonds is 5. The SMILES string of the molecule is CN=C(NCc1ccc(NC(=O)C(C)C)cc1)NC1CC2CCC1O2. The van der Waals surface area contributed by atoms with Crippen LogP contribution in [0, 0.1) is 5.92 Å². The number of amides is 1. The number of carbonyl (C=O) groups excluding carboxylic acids is 1. The first-order chi connectivity index (χ1) is 12.0. The molecule has 2 aliphatic rings. The number of carbonyl (C=O) groups is 1. The van der Waals surface area contributed by atoms with E-state index in [0.717, 1.165) is 30.1 Å². The molecule has 2 bridgehead atoms. The maximum absolute atomic E-state index is 11.7. The van der Waals surface area contributed by atoms with Gasteiger partial charge in [-0.2, -0.15) is 0 Å². The molecule has 3 atom stereocenters. The quantitative estimate of drug-likeness (QED) is 0.566. The number of ether oxygens (including phenoxy) is 1. The number of nitrogens with one attached hydrogen (secondary N) is 3. The van der Waals surface area contributed by atoms with E-state index in [1.54, 1.807) is 7.05 Å². The van der Waals surface area contributed by atoms with Crippen LogP contribution < -0.4 is 16.0 Å². The van der Waals surface area contributed by atoms with E-state index in [2.05, 4.69) is 20.9 Å². The van der Waals surface area contributed by atoms with Gasteiger partial charge in [0.05, 0.1) is 18.2 Å². The van der Waals surface area contributed by atoms with Gasteiger partial charge in [-0.25, -0.2) is 0 Å². The second kappa shape index (κ2) is 7.87. The molecular formula is C19H28N4O2. The number of aliphatic imine (C=N–C) groups is 1. The van der Waals surface area contributed by atoms with Gasteiger partial charge >= 0.3 is 0 Å². The first kappa shape index (κ1) is 17.7. The summed E-state index contributed by atoms with van der Waals surface area (Å²) >= 11 is 0. The maximum atomic E-state index is 11.7. The van der Waals surface area contributed by atoms with Crippen LogP contribution in [0.2, 0.25) is 0 Å². The zero-order valence-electron chi connectivity index (χ0n) is 15.2. The molecule has 0 aliphatic carbocycles.